The number of esters is 1. The van der Waals surface area contributed by atoms with Crippen LogP contribution < -0.4 is 5.73 Å². The molecule has 2 heterocycles. The minimum atomic E-state index is -0.441. The summed E-state index contributed by atoms with van der Waals surface area (Å²) in [6.07, 6.45) is 0.0416. The van der Waals surface area contributed by atoms with Crippen molar-refractivity contribution in [3.8, 4) is 0 Å². The zero-order valence-corrected chi connectivity index (χ0v) is 12.2. The van der Waals surface area contributed by atoms with Gasteiger partial charge in [-0.3, -0.25) is 4.90 Å². The van der Waals surface area contributed by atoms with E-state index in [2.05, 4.69) is 9.64 Å². The lowest BCUT2D eigenvalue weighted by Gasteiger charge is -2.34. The van der Waals surface area contributed by atoms with E-state index in [1.54, 1.807) is 0 Å². The van der Waals surface area contributed by atoms with E-state index in [1.165, 1.54) is 7.11 Å². The number of carbonyl (C=O) groups is 1. The Morgan fingerprint density at radius 2 is 2.40 bits per heavy atom. The van der Waals surface area contributed by atoms with E-state index in [9.17, 15) is 4.79 Å². The summed E-state index contributed by atoms with van der Waals surface area (Å²) in [5.74, 6) is 0.594. The van der Waals surface area contributed by atoms with Crippen molar-refractivity contribution < 1.29 is 18.7 Å². The van der Waals surface area contributed by atoms with Gasteiger partial charge in [-0.05, 0) is 19.9 Å². The number of ether oxygens (including phenoxy) is 2. The van der Waals surface area contributed by atoms with Crippen molar-refractivity contribution in [2.45, 2.75) is 32.5 Å². The first-order valence-corrected chi connectivity index (χ1v) is 6.78. The van der Waals surface area contributed by atoms with Crippen molar-refractivity contribution in [1.82, 2.24) is 4.90 Å². The predicted molar refractivity (Wildman–Crippen MR) is 73.5 cm³/mol. The maximum absolute atomic E-state index is 11.5. The topological polar surface area (TPSA) is 77.9 Å². The van der Waals surface area contributed by atoms with Crippen molar-refractivity contribution in [2.24, 2.45) is 5.73 Å². The van der Waals surface area contributed by atoms with Crippen LogP contribution in [0.15, 0.2) is 10.5 Å². The fourth-order valence-electron chi connectivity index (χ4n) is 2.34. The Labute approximate surface area is 118 Å². The summed E-state index contributed by atoms with van der Waals surface area (Å²) in [4.78, 5) is 13.7. The average molecular weight is 282 g/mol. The maximum Gasteiger partial charge on any atom is 0.374 e. The molecule has 0 aromatic carbocycles. The van der Waals surface area contributed by atoms with E-state index in [1.807, 2.05) is 19.9 Å². The molecule has 1 aliphatic rings. The van der Waals surface area contributed by atoms with Gasteiger partial charge in [-0.15, -0.1) is 0 Å². The largest absolute Gasteiger partial charge is 0.463 e. The Morgan fingerprint density at radius 3 is 3.05 bits per heavy atom. The minimum Gasteiger partial charge on any atom is -0.463 e. The number of hydrogen-bond acceptors (Lipinski definition) is 6. The van der Waals surface area contributed by atoms with E-state index in [0.29, 0.717) is 13.2 Å². The van der Waals surface area contributed by atoms with Crippen LogP contribution >= 0.6 is 0 Å². The van der Waals surface area contributed by atoms with Gasteiger partial charge in [0.1, 0.15) is 5.76 Å². The Kier molecular flexibility index (Phi) is 4.80. The highest BCUT2D eigenvalue weighted by atomic mass is 16.5. The van der Waals surface area contributed by atoms with Crippen molar-refractivity contribution >= 4 is 5.97 Å². The van der Waals surface area contributed by atoms with Crippen LogP contribution in [0.1, 0.15) is 28.8 Å². The molecule has 1 saturated heterocycles. The molecule has 6 heteroatoms. The van der Waals surface area contributed by atoms with Crippen LogP contribution in [0.25, 0.3) is 0 Å². The van der Waals surface area contributed by atoms with Gasteiger partial charge >= 0.3 is 5.97 Å². The van der Waals surface area contributed by atoms with Gasteiger partial charge in [-0.1, -0.05) is 0 Å². The van der Waals surface area contributed by atoms with E-state index in [0.717, 1.165) is 24.4 Å². The molecular weight excluding hydrogens is 260 g/mol. The molecule has 1 aromatic heterocycles. The quantitative estimate of drug-likeness (QED) is 0.828. The molecule has 20 heavy (non-hydrogen) atoms. The van der Waals surface area contributed by atoms with Crippen molar-refractivity contribution in [1.29, 1.82) is 0 Å². The molecule has 6 nitrogen and oxygen atoms in total. The second-order valence-electron chi connectivity index (χ2n) is 5.22. The molecule has 0 aliphatic carbocycles. The maximum atomic E-state index is 11.5. The number of nitrogens with two attached hydrogens (primary N) is 1. The second kappa shape index (κ2) is 6.39. The fourth-order valence-corrected chi connectivity index (χ4v) is 2.34. The molecule has 112 valence electrons. The Hall–Kier alpha value is -1.37. The third kappa shape index (κ3) is 3.39. The summed E-state index contributed by atoms with van der Waals surface area (Å²) >= 11 is 0. The highest BCUT2D eigenvalue weighted by molar-refractivity contribution is 5.87. The number of carbonyl (C=O) groups excluding carboxylic acids is 1. The number of hydrogen-bond donors (Lipinski definition) is 1. The van der Waals surface area contributed by atoms with E-state index in [4.69, 9.17) is 14.9 Å². The van der Waals surface area contributed by atoms with Gasteiger partial charge in [0.25, 0.3) is 0 Å². The zero-order valence-electron chi connectivity index (χ0n) is 12.2. The molecule has 1 aliphatic heterocycles. The summed E-state index contributed by atoms with van der Waals surface area (Å²) in [6.45, 7) is 6.69. The van der Waals surface area contributed by atoms with E-state index in [-0.39, 0.29) is 17.9 Å². The molecule has 0 saturated carbocycles. The molecule has 0 amide bonds. The highest BCUT2D eigenvalue weighted by Crippen LogP contribution is 2.19. The lowest BCUT2D eigenvalue weighted by Crippen LogP contribution is -2.49. The predicted octanol–water partition coefficient (Wildman–Crippen LogP) is 0.923. The van der Waals surface area contributed by atoms with Gasteiger partial charge in [0.05, 0.1) is 26.4 Å². The summed E-state index contributed by atoms with van der Waals surface area (Å²) in [7, 11) is 1.35. The molecule has 0 radical (unpaired) electrons. The summed E-state index contributed by atoms with van der Waals surface area (Å²) in [5.41, 5.74) is 6.67. The van der Waals surface area contributed by atoms with Gasteiger partial charge in [0.15, 0.2) is 0 Å². The standard InChI is InChI=1S/C14H22N2O4/c1-9-6-11(20-13(9)14(17)18-3)7-16-4-5-19-12(8-16)10(2)15/h6,10,12H,4-5,7-8,15H2,1-3H3. The number of furan rings is 1. The third-order valence-electron chi connectivity index (χ3n) is 3.48. The normalized spacial score (nSPS) is 21.7. The van der Waals surface area contributed by atoms with Crippen molar-refractivity contribution in [3.05, 3.63) is 23.2 Å². The van der Waals surface area contributed by atoms with Gasteiger partial charge < -0.3 is 19.6 Å². The zero-order chi connectivity index (χ0) is 14.7. The molecule has 1 fully saturated rings. The van der Waals surface area contributed by atoms with E-state index < -0.39 is 5.97 Å². The van der Waals surface area contributed by atoms with Gasteiger partial charge in [-0.2, -0.15) is 0 Å². The highest BCUT2D eigenvalue weighted by Gasteiger charge is 2.25. The first kappa shape index (κ1) is 15.0. The van der Waals surface area contributed by atoms with Crippen molar-refractivity contribution in [2.75, 3.05) is 26.8 Å². The van der Waals surface area contributed by atoms with Crippen LogP contribution in [-0.2, 0) is 16.0 Å². The first-order valence-electron chi connectivity index (χ1n) is 6.78. The molecule has 2 N–H and O–H groups in total. The lowest BCUT2D eigenvalue weighted by molar-refractivity contribution is -0.0420. The van der Waals surface area contributed by atoms with Crippen molar-refractivity contribution in [3.63, 3.8) is 0 Å². The number of methoxy groups -OCH3 is 1. The number of nitrogens with zero attached hydrogens (tertiary/aromatic N) is 1. The molecule has 2 unspecified atom stereocenters. The number of rotatable bonds is 4. The van der Waals surface area contributed by atoms with Crippen LogP contribution in [0.3, 0.4) is 0 Å². The Balaban J connectivity index is 2.01. The van der Waals surface area contributed by atoms with Crippen LogP contribution in [0.4, 0.5) is 0 Å². The smallest absolute Gasteiger partial charge is 0.374 e. The van der Waals surface area contributed by atoms with Crippen LogP contribution in [0, 0.1) is 6.92 Å². The van der Waals surface area contributed by atoms with Gasteiger partial charge in [0.2, 0.25) is 5.76 Å². The Bertz CT molecular complexity index is 470. The van der Waals surface area contributed by atoms with Crippen LogP contribution in [-0.4, -0.2) is 49.8 Å². The number of morpholine rings is 1. The minimum absolute atomic E-state index is 0.00164. The SMILES string of the molecule is COC(=O)c1oc(CN2CCOC(C(C)N)C2)cc1C. The Morgan fingerprint density at radius 1 is 1.65 bits per heavy atom. The van der Waals surface area contributed by atoms with E-state index >= 15 is 0 Å². The first-order chi connectivity index (χ1) is 9.51. The number of aryl methyl sites for hydroxylation is 1. The lowest BCUT2D eigenvalue weighted by atomic mass is 10.1. The van der Waals surface area contributed by atoms with Gasteiger partial charge in [0, 0.05) is 24.7 Å². The molecule has 0 spiro atoms. The van der Waals surface area contributed by atoms with Crippen LogP contribution in [0.5, 0.6) is 0 Å². The third-order valence-corrected chi connectivity index (χ3v) is 3.48. The summed E-state index contributed by atoms with van der Waals surface area (Å²) in [5, 5.41) is 0. The molecule has 0 bridgehead atoms. The summed E-state index contributed by atoms with van der Waals surface area (Å²) in [6, 6.07) is 1.88. The fraction of sp³-hybridized carbons (Fsp3) is 0.643. The van der Waals surface area contributed by atoms with Gasteiger partial charge in [-0.25, -0.2) is 4.79 Å². The second-order valence-corrected chi connectivity index (χ2v) is 5.22. The monoisotopic (exact) mass is 282 g/mol. The molecule has 1 aromatic rings. The molecular formula is C14H22N2O4. The van der Waals surface area contributed by atoms with Crippen LogP contribution in [0.2, 0.25) is 0 Å². The molecule has 2 atom stereocenters. The molecule has 2 rings (SSSR count). The average Bonchev–Trinajstić information content (AvgIpc) is 2.79. The summed E-state index contributed by atoms with van der Waals surface area (Å²) < 4.78 is 15.9.